The Labute approximate surface area is 143 Å². The largest absolute Gasteiger partial charge is 0.470 e. The highest BCUT2D eigenvalue weighted by atomic mass is 16.5. The molecule has 0 bridgehead atoms. The molecule has 1 amide bonds. The van der Waals surface area contributed by atoms with Crippen molar-refractivity contribution >= 4 is 5.91 Å². The summed E-state index contributed by atoms with van der Waals surface area (Å²) in [6.07, 6.45) is 2.62. The number of carbonyl (C=O) groups is 1. The zero-order valence-corrected chi connectivity index (χ0v) is 14.4. The van der Waals surface area contributed by atoms with Gasteiger partial charge in [0, 0.05) is 18.2 Å². The molecule has 0 spiro atoms. The lowest BCUT2D eigenvalue weighted by molar-refractivity contribution is -0.152. The molecule has 1 heterocycles. The number of likely N-dealkylation sites (N-methyl/N-ethyl adjacent to an activating group) is 1. The fourth-order valence-electron chi connectivity index (χ4n) is 3.38. The first-order chi connectivity index (χ1) is 11.6. The van der Waals surface area contributed by atoms with E-state index in [2.05, 4.69) is 24.3 Å². The van der Waals surface area contributed by atoms with Crippen molar-refractivity contribution in [3.8, 4) is 0 Å². The Morgan fingerprint density at radius 1 is 1.04 bits per heavy atom. The van der Waals surface area contributed by atoms with E-state index in [1.165, 1.54) is 0 Å². The molecule has 2 aromatic rings. The summed E-state index contributed by atoms with van der Waals surface area (Å²) in [7, 11) is 1.85. The van der Waals surface area contributed by atoms with Gasteiger partial charge < -0.3 is 9.64 Å². The maximum absolute atomic E-state index is 12.6. The minimum atomic E-state index is -0.716. The van der Waals surface area contributed by atoms with Gasteiger partial charge in [0.05, 0.1) is 6.04 Å². The third-order valence-corrected chi connectivity index (χ3v) is 4.77. The molecular weight excluding hydrogens is 298 g/mol. The van der Waals surface area contributed by atoms with Crippen LogP contribution in [0.25, 0.3) is 0 Å². The average Bonchev–Trinajstić information content (AvgIpc) is 2.64. The number of hydrogen-bond acceptors (Lipinski definition) is 2. The molecule has 0 unspecified atom stereocenters. The average molecular weight is 321 g/mol. The number of nitrogens with zero attached hydrogens (tertiary/aromatic N) is 1. The third-order valence-electron chi connectivity index (χ3n) is 4.77. The second kappa shape index (κ2) is 6.52. The molecule has 0 saturated carbocycles. The molecule has 1 aliphatic heterocycles. The van der Waals surface area contributed by atoms with Gasteiger partial charge in [-0.1, -0.05) is 67.6 Å². The molecule has 124 valence electrons. The van der Waals surface area contributed by atoms with Gasteiger partial charge in [-0.15, -0.1) is 0 Å². The Kier molecular flexibility index (Phi) is 4.43. The van der Waals surface area contributed by atoms with E-state index in [9.17, 15) is 4.79 Å². The molecule has 2 aromatic carbocycles. The number of rotatable bonds is 3. The molecule has 0 aromatic heterocycles. The Morgan fingerprint density at radius 2 is 1.54 bits per heavy atom. The van der Waals surface area contributed by atoms with E-state index in [-0.39, 0.29) is 11.9 Å². The standard InChI is InChI=1S/C21H23NO2/c1-4-11-19-20(23)22(3)16(2)21(24-19,17-12-7-5-8-13-17)18-14-9-6-10-15-18/h5-16H,4H2,1-3H3/b19-11-/t16-/m0/s1. The SMILES string of the molecule is CC/C=C1\OC(c2ccccc2)(c2ccccc2)[C@H](C)N(C)C1=O. The molecule has 1 saturated heterocycles. The Bertz CT molecular complexity index is 697. The molecule has 3 heteroatoms. The summed E-state index contributed by atoms with van der Waals surface area (Å²) < 4.78 is 6.45. The molecule has 1 aliphatic rings. The van der Waals surface area contributed by atoms with Gasteiger partial charge in [-0.05, 0) is 19.4 Å². The summed E-state index contributed by atoms with van der Waals surface area (Å²) >= 11 is 0. The second-order valence-corrected chi connectivity index (χ2v) is 6.14. The number of carbonyl (C=O) groups excluding carboxylic acids is 1. The summed E-state index contributed by atoms with van der Waals surface area (Å²) in [6.45, 7) is 4.05. The topological polar surface area (TPSA) is 29.5 Å². The highest BCUT2D eigenvalue weighted by Gasteiger charge is 2.50. The smallest absolute Gasteiger partial charge is 0.288 e. The number of ether oxygens (including phenoxy) is 1. The van der Waals surface area contributed by atoms with Crippen molar-refractivity contribution in [2.45, 2.75) is 31.9 Å². The number of benzene rings is 2. The van der Waals surface area contributed by atoms with Crippen LogP contribution in [0.15, 0.2) is 72.5 Å². The monoisotopic (exact) mass is 321 g/mol. The molecule has 3 nitrogen and oxygen atoms in total. The van der Waals surface area contributed by atoms with Crippen LogP contribution in [0, 0.1) is 0 Å². The van der Waals surface area contributed by atoms with Crippen molar-refractivity contribution in [2.24, 2.45) is 0 Å². The first kappa shape index (κ1) is 16.3. The maximum atomic E-state index is 12.6. The van der Waals surface area contributed by atoms with E-state index in [1.807, 2.05) is 63.4 Å². The van der Waals surface area contributed by atoms with Crippen LogP contribution in [0.5, 0.6) is 0 Å². The van der Waals surface area contributed by atoms with Gasteiger partial charge >= 0.3 is 0 Å². The van der Waals surface area contributed by atoms with Crippen molar-refractivity contribution < 1.29 is 9.53 Å². The van der Waals surface area contributed by atoms with E-state index < -0.39 is 5.60 Å². The Morgan fingerprint density at radius 3 is 2.00 bits per heavy atom. The van der Waals surface area contributed by atoms with Crippen LogP contribution in [0.4, 0.5) is 0 Å². The lowest BCUT2D eigenvalue weighted by Crippen LogP contribution is -2.57. The molecule has 0 N–H and O–H groups in total. The molecular formula is C21H23NO2. The van der Waals surface area contributed by atoms with E-state index in [0.717, 1.165) is 17.5 Å². The molecule has 3 rings (SSSR count). The van der Waals surface area contributed by atoms with E-state index in [4.69, 9.17) is 4.74 Å². The van der Waals surface area contributed by atoms with Crippen LogP contribution < -0.4 is 0 Å². The van der Waals surface area contributed by atoms with Gasteiger partial charge in [-0.3, -0.25) is 4.79 Å². The van der Waals surface area contributed by atoms with Gasteiger partial charge in [0.15, 0.2) is 11.4 Å². The van der Waals surface area contributed by atoms with Gasteiger partial charge in [-0.2, -0.15) is 0 Å². The van der Waals surface area contributed by atoms with Gasteiger partial charge in [0.25, 0.3) is 5.91 Å². The first-order valence-corrected chi connectivity index (χ1v) is 8.38. The summed E-state index contributed by atoms with van der Waals surface area (Å²) in [5, 5.41) is 0. The predicted octanol–water partition coefficient (Wildman–Crippen LogP) is 4.10. The fourth-order valence-corrected chi connectivity index (χ4v) is 3.38. The number of amides is 1. The Balaban J connectivity index is 2.25. The molecule has 0 radical (unpaired) electrons. The van der Waals surface area contributed by atoms with Crippen LogP contribution in [-0.2, 0) is 15.1 Å². The quantitative estimate of drug-likeness (QED) is 0.797. The lowest BCUT2D eigenvalue weighted by Gasteiger charge is -2.48. The summed E-state index contributed by atoms with van der Waals surface area (Å²) in [6, 6.07) is 20.2. The zero-order chi connectivity index (χ0) is 17.2. The zero-order valence-electron chi connectivity index (χ0n) is 14.4. The Hall–Kier alpha value is -2.55. The lowest BCUT2D eigenvalue weighted by atomic mass is 9.78. The minimum Gasteiger partial charge on any atom is -0.470 e. The molecule has 1 fully saturated rings. The maximum Gasteiger partial charge on any atom is 0.288 e. The fraction of sp³-hybridized carbons (Fsp3) is 0.286. The summed E-state index contributed by atoms with van der Waals surface area (Å²) in [5.74, 6) is 0.359. The molecule has 1 atom stereocenters. The highest BCUT2D eigenvalue weighted by molar-refractivity contribution is 5.92. The minimum absolute atomic E-state index is 0.0631. The van der Waals surface area contributed by atoms with Crippen LogP contribution in [0.3, 0.4) is 0 Å². The third kappa shape index (κ3) is 2.50. The van der Waals surface area contributed by atoms with E-state index >= 15 is 0 Å². The van der Waals surface area contributed by atoms with Crippen molar-refractivity contribution in [1.82, 2.24) is 4.90 Å². The molecule has 24 heavy (non-hydrogen) atoms. The van der Waals surface area contributed by atoms with Crippen molar-refractivity contribution in [3.63, 3.8) is 0 Å². The second-order valence-electron chi connectivity index (χ2n) is 6.14. The highest BCUT2D eigenvalue weighted by Crippen LogP contribution is 2.44. The van der Waals surface area contributed by atoms with E-state index in [0.29, 0.717) is 5.76 Å². The summed E-state index contributed by atoms with van der Waals surface area (Å²) in [4.78, 5) is 14.4. The van der Waals surface area contributed by atoms with Crippen molar-refractivity contribution in [1.29, 1.82) is 0 Å². The number of hydrogen-bond donors (Lipinski definition) is 0. The summed E-state index contributed by atoms with van der Waals surface area (Å²) in [5.41, 5.74) is 1.38. The van der Waals surface area contributed by atoms with E-state index in [1.54, 1.807) is 4.90 Å². The van der Waals surface area contributed by atoms with Crippen LogP contribution in [0.2, 0.25) is 0 Å². The van der Waals surface area contributed by atoms with Crippen LogP contribution in [-0.4, -0.2) is 23.9 Å². The van der Waals surface area contributed by atoms with Gasteiger partial charge in [0.2, 0.25) is 0 Å². The predicted molar refractivity (Wildman–Crippen MR) is 95.4 cm³/mol. The van der Waals surface area contributed by atoms with Gasteiger partial charge in [-0.25, -0.2) is 0 Å². The van der Waals surface area contributed by atoms with Crippen molar-refractivity contribution in [2.75, 3.05) is 7.05 Å². The van der Waals surface area contributed by atoms with Gasteiger partial charge in [0.1, 0.15) is 0 Å². The number of allylic oxidation sites excluding steroid dienone is 1. The normalized spacial score (nSPS) is 21.6. The van der Waals surface area contributed by atoms with Crippen LogP contribution >= 0.6 is 0 Å². The van der Waals surface area contributed by atoms with Crippen molar-refractivity contribution in [3.05, 3.63) is 83.6 Å². The number of morpholine rings is 1. The first-order valence-electron chi connectivity index (χ1n) is 8.38. The van der Waals surface area contributed by atoms with Crippen LogP contribution in [0.1, 0.15) is 31.4 Å². The molecule has 0 aliphatic carbocycles.